The number of hydrogen-bond donors (Lipinski definition) is 1. The Morgan fingerprint density at radius 1 is 1.60 bits per heavy atom. The lowest BCUT2D eigenvalue weighted by atomic mass is 10.1. The average molecular weight is 215 g/mol. The second kappa shape index (κ2) is 5.11. The van der Waals surface area contributed by atoms with Gasteiger partial charge in [0.25, 0.3) is 5.91 Å². The highest BCUT2D eigenvalue weighted by Crippen LogP contribution is 2.14. The maximum atomic E-state index is 11.7. The summed E-state index contributed by atoms with van der Waals surface area (Å²) in [5, 5.41) is 8.71. The molecule has 1 aliphatic rings. The molecule has 0 aromatic rings. The summed E-state index contributed by atoms with van der Waals surface area (Å²) in [6.07, 6.45) is 1.28. The number of ether oxygens (including phenoxy) is 1. The maximum absolute atomic E-state index is 11.7. The third kappa shape index (κ3) is 3.20. The van der Waals surface area contributed by atoms with Gasteiger partial charge in [0.15, 0.2) is 0 Å². The van der Waals surface area contributed by atoms with Gasteiger partial charge in [-0.15, -0.1) is 0 Å². The summed E-state index contributed by atoms with van der Waals surface area (Å²) in [7, 11) is 1.61. The number of rotatable bonds is 4. The Morgan fingerprint density at radius 2 is 2.27 bits per heavy atom. The lowest BCUT2D eigenvalue weighted by Gasteiger charge is -2.22. The molecule has 15 heavy (non-hydrogen) atoms. The van der Waals surface area contributed by atoms with Gasteiger partial charge in [0.05, 0.1) is 5.92 Å². The third-order valence-corrected chi connectivity index (χ3v) is 2.55. The molecule has 1 fully saturated rings. The van der Waals surface area contributed by atoms with E-state index in [1.165, 1.54) is 4.90 Å². The lowest BCUT2D eigenvalue weighted by molar-refractivity contribution is -0.145. The van der Waals surface area contributed by atoms with E-state index in [0.717, 1.165) is 12.8 Å². The Hall–Kier alpha value is -1.10. The first-order valence-corrected chi connectivity index (χ1v) is 5.11. The van der Waals surface area contributed by atoms with Crippen LogP contribution >= 0.6 is 0 Å². The molecule has 5 heteroatoms. The predicted octanol–water partition coefficient (Wildman–Crippen LogP) is 0.344. The van der Waals surface area contributed by atoms with Gasteiger partial charge in [-0.3, -0.25) is 9.59 Å². The normalized spacial score (nSPS) is 22.4. The number of nitrogens with zero attached hydrogens (tertiary/aromatic N) is 1. The van der Waals surface area contributed by atoms with Crippen molar-refractivity contribution in [3.05, 3.63) is 0 Å². The van der Waals surface area contributed by atoms with E-state index in [4.69, 9.17) is 9.84 Å². The smallest absolute Gasteiger partial charge is 0.308 e. The molecule has 1 rings (SSSR count). The standard InChI is InChI=1S/C10H17NO4/c1-7(10(13)14)6-11(2)9(12)8-4-3-5-15-8/h7-8H,3-6H2,1-2H3,(H,13,14)/t7?,8-/m0/s1. The van der Waals surface area contributed by atoms with Crippen LogP contribution in [0.5, 0.6) is 0 Å². The van der Waals surface area contributed by atoms with Crippen molar-refractivity contribution in [1.29, 1.82) is 0 Å². The minimum atomic E-state index is -0.887. The molecule has 86 valence electrons. The van der Waals surface area contributed by atoms with Gasteiger partial charge in [-0.2, -0.15) is 0 Å². The number of amides is 1. The molecule has 0 aliphatic carbocycles. The monoisotopic (exact) mass is 215 g/mol. The SMILES string of the molecule is CC(CN(C)C(=O)[C@@H]1CCCO1)C(=O)O. The molecule has 1 heterocycles. The number of likely N-dealkylation sites (N-methyl/N-ethyl adjacent to an activating group) is 1. The Bertz CT molecular complexity index is 248. The van der Waals surface area contributed by atoms with E-state index in [-0.39, 0.29) is 18.6 Å². The number of carboxylic acids is 1. The zero-order valence-electron chi connectivity index (χ0n) is 9.10. The largest absolute Gasteiger partial charge is 0.481 e. The maximum Gasteiger partial charge on any atom is 0.308 e. The van der Waals surface area contributed by atoms with E-state index in [0.29, 0.717) is 6.61 Å². The second-order valence-corrected chi connectivity index (χ2v) is 3.96. The summed E-state index contributed by atoms with van der Waals surface area (Å²) < 4.78 is 5.24. The molecule has 1 saturated heterocycles. The molecule has 0 saturated carbocycles. The lowest BCUT2D eigenvalue weighted by Crippen LogP contribution is -2.39. The van der Waals surface area contributed by atoms with E-state index < -0.39 is 11.9 Å². The van der Waals surface area contributed by atoms with Crippen molar-refractivity contribution in [2.24, 2.45) is 5.92 Å². The van der Waals surface area contributed by atoms with Crippen molar-refractivity contribution in [3.8, 4) is 0 Å². The molecule has 0 spiro atoms. The number of carbonyl (C=O) groups excluding carboxylic acids is 1. The van der Waals surface area contributed by atoms with Crippen LogP contribution in [0.15, 0.2) is 0 Å². The zero-order valence-corrected chi connectivity index (χ0v) is 9.10. The number of carbonyl (C=O) groups is 2. The molecule has 5 nitrogen and oxygen atoms in total. The molecule has 1 N–H and O–H groups in total. The molecule has 0 aromatic heterocycles. The molecule has 0 aromatic carbocycles. The highest BCUT2D eigenvalue weighted by molar-refractivity contribution is 5.81. The quantitative estimate of drug-likeness (QED) is 0.734. The van der Waals surface area contributed by atoms with Crippen LogP contribution in [0.4, 0.5) is 0 Å². The Morgan fingerprint density at radius 3 is 2.73 bits per heavy atom. The topological polar surface area (TPSA) is 66.8 Å². The van der Waals surface area contributed by atoms with Crippen molar-refractivity contribution in [2.45, 2.75) is 25.9 Å². The molecule has 0 radical (unpaired) electrons. The molecular formula is C10H17NO4. The van der Waals surface area contributed by atoms with Crippen LogP contribution in [0.2, 0.25) is 0 Å². The molecule has 1 aliphatic heterocycles. The number of carboxylic acid groups (broad SMARTS) is 1. The van der Waals surface area contributed by atoms with Crippen LogP contribution in [0, 0.1) is 5.92 Å². The highest BCUT2D eigenvalue weighted by atomic mass is 16.5. The average Bonchev–Trinajstić information content (AvgIpc) is 2.68. The van der Waals surface area contributed by atoms with Gasteiger partial charge in [0.2, 0.25) is 0 Å². The summed E-state index contributed by atoms with van der Waals surface area (Å²) in [5.41, 5.74) is 0. The van der Waals surface area contributed by atoms with Crippen LogP contribution in [0.25, 0.3) is 0 Å². The molecule has 0 bridgehead atoms. The third-order valence-electron chi connectivity index (χ3n) is 2.55. The van der Waals surface area contributed by atoms with Gasteiger partial charge >= 0.3 is 5.97 Å². The first kappa shape index (κ1) is 12.0. The fourth-order valence-corrected chi connectivity index (χ4v) is 1.60. The van der Waals surface area contributed by atoms with Crippen LogP contribution in [0.1, 0.15) is 19.8 Å². The van der Waals surface area contributed by atoms with Gasteiger partial charge in [-0.1, -0.05) is 6.92 Å². The molecule has 1 amide bonds. The van der Waals surface area contributed by atoms with Gasteiger partial charge in [-0.25, -0.2) is 0 Å². The van der Waals surface area contributed by atoms with Crippen LogP contribution < -0.4 is 0 Å². The van der Waals surface area contributed by atoms with Crippen LogP contribution in [-0.4, -0.2) is 48.2 Å². The summed E-state index contributed by atoms with van der Waals surface area (Å²) >= 11 is 0. The highest BCUT2D eigenvalue weighted by Gasteiger charge is 2.27. The first-order valence-electron chi connectivity index (χ1n) is 5.11. The fraction of sp³-hybridized carbons (Fsp3) is 0.800. The summed E-state index contributed by atoms with van der Waals surface area (Å²) in [6, 6.07) is 0. The number of hydrogen-bond acceptors (Lipinski definition) is 3. The zero-order chi connectivity index (χ0) is 11.4. The fourth-order valence-electron chi connectivity index (χ4n) is 1.60. The van der Waals surface area contributed by atoms with E-state index >= 15 is 0 Å². The van der Waals surface area contributed by atoms with Crippen molar-refractivity contribution >= 4 is 11.9 Å². The Labute approximate surface area is 89.0 Å². The Kier molecular flexibility index (Phi) is 4.08. The van der Waals surface area contributed by atoms with Gasteiger partial charge in [0.1, 0.15) is 6.10 Å². The number of aliphatic carboxylic acids is 1. The molecule has 2 atom stereocenters. The van der Waals surface area contributed by atoms with Crippen molar-refractivity contribution in [1.82, 2.24) is 4.90 Å². The Balaban J connectivity index is 2.41. The minimum Gasteiger partial charge on any atom is -0.481 e. The van der Waals surface area contributed by atoms with E-state index in [9.17, 15) is 9.59 Å². The predicted molar refractivity (Wildman–Crippen MR) is 53.4 cm³/mol. The van der Waals surface area contributed by atoms with Crippen molar-refractivity contribution in [3.63, 3.8) is 0 Å². The van der Waals surface area contributed by atoms with Crippen LogP contribution in [-0.2, 0) is 14.3 Å². The molecular weight excluding hydrogens is 198 g/mol. The van der Waals surface area contributed by atoms with E-state index in [1.807, 2.05) is 0 Å². The summed E-state index contributed by atoms with van der Waals surface area (Å²) in [4.78, 5) is 23.8. The second-order valence-electron chi connectivity index (χ2n) is 3.96. The molecule has 1 unspecified atom stereocenters. The van der Waals surface area contributed by atoms with E-state index in [2.05, 4.69) is 0 Å². The van der Waals surface area contributed by atoms with Crippen molar-refractivity contribution in [2.75, 3.05) is 20.2 Å². The van der Waals surface area contributed by atoms with Gasteiger partial charge in [0, 0.05) is 20.2 Å². The minimum absolute atomic E-state index is 0.111. The summed E-state index contributed by atoms with van der Waals surface area (Å²) in [6.45, 7) is 2.44. The van der Waals surface area contributed by atoms with Crippen molar-refractivity contribution < 1.29 is 19.4 Å². The van der Waals surface area contributed by atoms with E-state index in [1.54, 1.807) is 14.0 Å². The van der Waals surface area contributed by atoms with Gasteiger partial charge in [-0.05, 0) is 12.8 Å². The summed E-state index contributed by atoms with van der Waals surface area (Å²) in [5.74, 6) is -1.54. The van der Waals surface area contributed by atoms with Crippen LogP contribution in [0.3, 0.4) is 0 Å². The van der Waals surface area contributed by atoms with Gasteiger partial charge < -0.3 is 14.7 Å². The first-order chi connectivity index (χ1) is 7.02.